The number of aliphatic hydroxyl groups is 1. The molecule has 0 bridgehead atoms. The summed E-state index contributed by atoms with van der Waals surface area (Å²) < 4.78 is 11.1. The summed E-state index contributed by atoms with van der Waals surface area (Å²) >= 11 is 0. The van der Waals surface area contributed by atoms with E-state index in [1.165, 1.54) is 0 Å². The van der Waals surface area contributed by atoms with Crippen LogP contribution in [0.15, 0.2) is 24.3 Å². The van der Waals surface area contributed by atoms with Gasteiger partial charge in [-0.05, 0) is 43.0 Å². The van der Waals surface area contributed by atoms with Crippen LogP contribution in [-0.2, 0) is 4.79 Å². The summed E-state index contributed by atoms with van der Waals surface area (Å²) in [6.07, 6.45) is 6.47. The molecule has 0 aromatic heterocycles. The lowest BCUT2D eigenvalue weighted by molar-refractivity contribution is -0.127. The molecular formula is C19H27NO4. The standard InChI is InChI=1S/C19H27NO4/c1-3-4-13-24-17-7-5-15(14-18(17)23-2)6-8-19(22)20-11-9-16(21)10-12-20/h5-8,14,16,21H,3-4,9-13H2,1-2H3/b8-6+. The van der Waals surface area contributed by atoms with Crippen LogP contribution in [0.3, 0.4) is 0 Å². The van der Waals surface area contributed by atoms with Crippen molar-refractivity contribution in [3.8, 4) is 11.5 Å². The van der Waals surface area contributed by atoms with Gasteiger partial charge in [0.2, 0.25) is 5.91 Å². The molecule has 1 heterocycles. The average Bonchev–Trinajstić information content (AvgIpc) is 2.61. The molecule has 5 nitrogen and oxygen atoms in total. The molecule has 1 aromatic rings. The molecule has 0 unspecified atom stereocenters. The van der Waals surface area contributed by atoms with Crippen LogP contribution in [0.25, 0.3) is 6.08 Å². The van der Waals surface area contributed by atoms with Gasteiger partial charge in [0.15, 0.2) is 11.5 Å². The van der Waals surface area contributed by atoms with Crippen molar-refractivity contribution in [1.82, 2.24) is 4.90 Å². The highest BCUT2D eigenvalue weighted by molar-refractivity contribution is 5.91. The van der Waals surface area contributed by atoms with Gasteiger partial charge in [0.05, 0.1) is 19.8 Å². The first-order chi connectivity index (χ1) is 11.6. The van der Waals surface area contributed by atoms with E-state index in [1.54, 1.807) is 24.2 Å². The highest BCUT2D eigenvalue weighted by atomic mass is 16.5. The van der Waals surface area contributed by atoms with E-state index in [4.69, 9.17) is 9.47 Å². The van der Waals surface area contributed by atoms with Crippen LogP contribution in [0.1, 0.15) is 38.2 Å². The molecule has 24 heavy (non-hydrogen) atoms. The van der Waals surface area contributed by atoms with Crippen molar-refractivity contribution in [2.45, 2.75) is 38.7 Å². The lowest BCUT2D eigenvalue weighted by Gasteiger charge is -2.28. The Kier molecular flexibility index (Phi) is 7.12. The lowest BCUT2D eigenvalue weighted by Crippen LogP contribution is -2.39. The smallest absolute Gasteiger partial charge is 0.246 e. The summed E-state index contributed by atoms with van der Waals surface area (Å²) in [6, 6.07) is 5.65. The van der Waals surface area contributed by atoms with Crippen LogP contribution in [0.4, 0.5) is 0 Å². The summed E-state index contributed by atoms with van der Waals surface area (Å²) in [5, 5.41) is 9.50. The fraction of sp³-hybridized carbons (Fsp3) is 0.526. The molecule has 1 amide bonds. The Labute approximate surface area is 143 Å². The predicted molar refractivity (Wildman–Crippen MR) is 94.3 cm³/mol. The molecule has 1 aliphatic heterocycles. The summed E-state index contributed by atoms with van der Waals surface area (Å²) in [5.74, 6) is 1.37. The second kappa shape index (κ2) is 9.33. The molecule has 1 aromatic carbocycles. The van der Waals surface area contributed by atoms with Crippen LogP contribution >= 0.6 is 0 Å². The van der Waals surface area contributed by atoms with Gasteiger partial charge in [0.1, 0.15) is 0 Å². The molecule has 1 saturated heterocycles. The van der Waals surface area contributed by atoms with E-state index >= 15 is 0 Å². The number of carbonyl (C=O) groups is 1. The first-order valence-corrected chi connectivity index (χ1v) is 8.60. The Bertz CT molecular complexity index is 562. The minimum Gasteiger partial charge on any atom is -0.493 e. The number of benzene rings is 1. The number of aliphatic hydroxyl groups excluding tert-OH is 1. The molecule has 0 saturated carbocycles. The van der Waals surface area contributed by atoms with Crippen LogP contribution in [0.2, 0.25) is 0 Å². The summed E-state index contributed by atoms with van der Waals surface area (Å²) in [7, 11) is 1.61. The molecule has 1 fully saturated rings. The van der Waals surface area contributed by atoms with Crippen LogP contribution < -0.4 is 9.47 Å². The normalized spacial score (nSPS) is 15.7. The Morgan fingerprint density at radius 3 is 2.75 bits per heavy atom. The molecule has 5 heteroatoms. The second-order valence-corrected chi connectivity index (χ2v) is 6.00. The fourth-order valence-corrected chi connectivity index (χ4v) is 2.59. The fourth-order valence-electron chi connectivity index (χ4n) is 2.59. The summed E-state index contributed by atoms with van der Waals surface area (Å²) in [6.45, 7) is 4.01. The van der Waals surface area contributed by atoms with Crippen molar-refractivity contribution in [1.29, 1.82) is 0 Å². The zero-order valence-electron chi connectivity index (χ0n) is 14.5. The molecule has 1 aliphatic rings. The number of rotatable bonds is 7. The predicted octanol–water partition coefficient (Wildman–Crippen LogP) is 2.87. The molecule has 132 valence electrons. The number of hydrogen-bond donors (Lipinski definition) is 1. The maximum absolute atomic E-state index is 12.2. The number of amides is 1. The van der Waals surface area contributed by atoms with Gasteiger partial charge in [-0.3, -0.25) is 4.79 Å². The first kappa shape index (κ1) is 18.3. The van der Waals surface area contributed by atoms with E-state index in [9.17, 15) is 9.90 Å². The van der Waals surface area contributed by atoms with Crippen molar-refractivity contribution in [3.63, 3.8) is 0 Å². The minimum absolute atomic E-state index is 0.0239. The number of likely N-dealkylation sites (tertiary alicyclic amines) is 1. The lowest BCUT2D eigenvalue weighted by atomic mass is 10.1. The van der Waals surface area contributed by atoms with Gasteiger partial charge in [-0.2, -0.15) is 0 Å². The third-order valence-corrected chi connectivity index (χ3v) is 4.14. The van der Waals surface area contributed by atoms with E-state index < -0.39 is 0 Å². The molecule has 2 rings (SSSR count). The molecule has 0 spiro atoms. The van der Waals surface area contributed by atoms with Gasteiger partial charge in [-0.15, -0.1) is 0 Å². The Balaban J connectivity index is 1.97. The number of carbonyl (C=O) groups excluding carboxylic acids is 1. The maximum atomic E-state index is 12.2. The number of nitrogens with zero attached hydrogens (tertiary/aromatic N) is 1. The largest absolute Gasteiger partial charge is 0.493 e. The Morgan fingerprint density at radius 2 is 2.08 bits per heavy atom. The number of piperidine rings is 1. The zero-order chi connectivity index (χ0) is 17.4. The number of hydrogen-bond acceptors (Lipinski definition) is 4. The second-order valence-electron chi connectivity index (χ2n) is 6.00. The highest BCUT2D eigenvalue weighted by Crippen LogP contribution is 2.28. The highest BCUT2D eigenvalue weighted by Gasteiger charge is 2.19. The van der Waals surface area contributed by atoms with Gasteiger partial charge in [-0.1, -0.05) is 19.4 Å². The van der Waals surface area contributed by atoms with E-state index in [1.807, 2.05) is 18.2 Å². The van der Waals surface area contributed by atoms with E-state index in [2.05, 4.69) is 6.92 Å². The van der Waals surface area contributed by atoms with Crippen molar-refractivity contribution in [2.24, 2.45) is 0 Å². The monoisotopic (exact) mass is 333 g/mol. The van der Waals surface area contributed by atoms with Crippen LogP contribution in [-0.4, -0.2) is 48.8 Å². The molecule has 1 N–H and O–H groups in total. The van der Waals surface area contributed by atoms with E-state index in [0.717, 1.165) is 24.2 Å². The van der Waals surface area contributed by atoms with Crippen molar-refractivity contribution in [2.75, 3.05) is 26.8 Å². The quantitative estimate of drug-likeness (QED) is 0.616. The topological polar surface area (TPSA) is 59.0 Å². The average molecular weight is 333 g/mol. The number of ether oxygens (including phenoxy) is 2. The Hall–Kier alpha value is -2.01. The minimum atomic E-state index is -0.275. The van der Waals surface area contributed by atoms with E-state index in [-0.39, 0.29) is 12.0 Å². The molecule has 0 radical (unpaired) electrons. The van der Waals surface area contributed by atoms with Crippen LogP contribution in [0, 0.1) is 0 Å². The van der Waals surface area contributed by atoms with Gasteiger partial charge in [0, 0.05) is 19.2 Å². The zero-order valence-corrected chi connectivity index (χ0v) is 14.5. The SMILES string of the molecule is CCCCOc1ccc(/C=C/C(=O)N2CCC(O)CC2)cc1OC. The van der Waals surface area contributed by atoms with Crippen molar-refractivity contribution in [3.05, 3.63) is 29.8 Å². The number of methoxy groups -OCH3 is 1. The van der Waals surface area contributed by atoms with Gasteiger partial charge < -0.3 is 19.5 Å². The number of unbranched alkanes of at least 4 members (excludes halogenated alkanes) is 1. The van der Waals surface area contributed by atoms with Crippen LogP contribution in [0.5, 0.6) is 11.5 Å². The van der Waals surface area contributed by atoms with Gasteiger partial charge in [-0.25, -0.2) is 0 Å². The third kappa shape index (κ3) is 5.27. The van der Waals surface area contributed by atoms with Gasteiger partial charge in [0.25, 0.3) is 0 Å². The summed E-state index contributed by atoms with van der Waals surface area (Å²) in [5.41, 5.74) is 0.889. The van der Waals surface area contributed by atoms with Crippen molar-refractivity contribution < 1.29 is 19.4 Å². The third-order valence-electron chi connectivity index (χ3n) is 4.14. The molecular weight excluding hydrogens is 306 g/mol. The Morgan fingerprint density at radius 1 is 1.33 bits per heavy atom. The maximum Gasteiger partial charge on any atom is 0.246 e. The summed E-state index contributed by atoms with van der Waals surface area (Å²) in [4.78, 5) is 13.9. The van der Waals surface area contributed by atoms with Gasteiger partial charge >= 0.3 is 0 Å². The van der Waals surface area contributed by atoms with E-state index in [0.29, 0.717) is 38.3 Å². The van der Waals surface area contributed by atoms with Crippen molar-refractivity contribution >= 4 is 12.0 Å². The molecule has 0 aliphatic carbocycles. The molecule has 0 atom stereocenters. The first-order valence-electron chi connectivity index (χ1n) is 8.60.